The second-order valence-electron chi connectivity index (χ2n) is 5.78. The molecule has 1 atom stereocenters. The highest BCUT2D eigenvalue weighted by Gasteiger charge is 2.31. The van der Waals surface area contributed by atoms with Gasteiger partial charge in [-0.1, -0.05) is 5.16 Å². The van der Waals surface area contributed by atoms with E-state index in [4.69, 9.17) is 8.94 Å². The van der Waals surface area contributed by atoms with Crippen LogP contribution in [0.4, 0.5) is 0 Å². The maximum atomic E-state index is 12.4. The molecule has 1 aliphatic heterocycles. The van der Waals surface area contributed by atoms with E-state index in [-0.39, 0.29) is 23.9 Å². The largest absolute Gasteiger partial charge is 0.459 e. The quantitative estimate of drug-likeness (QED) is 0.694. The lowest BCUT2D eigenvalue weighted by Crippen LogP contribution is -2.35. The molecule has 1 saturated heterocycles. The SMILES string of the molecule is O=C(Cn1ncccc1=O)N1CCC(c2noc(-c3ccco3)n2)C1. The number of aromatic nitrogens is 4. The van der Waals surface area contributed by atoms with Gasteiger partial charge in [0.2, 0.25) is 5.91 Å². The van der Waals surface area contributed by atoms with E-state index in [0.717, 1.165) is 11.1 Å². The van der Waals surface area contributed by atoms with Crippen molar-refractivity contribution in [3.63, 3.8) is 0 Å². The van der Waals surface area contributed by atoms with Gasteiger partial charge in [-0.15, -0.1) is 0 Å². The third kappa shape index (κ3) is 3.08. The van der Waals surface area contributed by atoms with Crippen LogP contribution < -0.4 is 5.56 Å². The fourth-order valence-corrected chi connectivity index (χ4v) is 2.83. The molecule has 4 heterocycles. The summed E-state index contributed by atoms with van der Waals surface area (Å²) < 4.78 is 11.6. The van der Waals surface area contributed by atoms with Gasteiger partial charge in [-0.25, -0.2) is 4.68 Å². The molecule has 1 aliphatic rings. The van der Waals surface area contributed by atoms with Crippen molar-refractivity contribution in [2.45, 2.75) is 18.9 Å². The Morgan fingerprint density at radius 2 is 2.24 bits per heavy atom. The van der Waals surface area contributed by atoms with Gasteiger partial charge in [-0.05, 0) is 24.6 Å². The molecule has 0 radical (unpaired) electrons. The first-order valence-electron chi connectivity index (χ1n) is 7.88. The van der Waals surface area contributed by atoms with Gasteiger partial charge in [0.15, 0.2) is 11.6 Å². The fourth-order valence-electron chi connectivity index (χ4n) is 2.83. The van der Waals surface area contributed by atoms with Gasteiger partial charge in [-0.2, -0.15) is 10.1 Å². The van der Waals surface area contributed by atoms with Crippen molar-refractivity contribution < 1.29 is 13.7 Å². The number of likely N-dealkylation sites (tertiary alicyclic amines) is 1. The Kier molecular flexibility index (Phi) is 3.88. The van der Waals surface area contributed by atoms with E-state index in [1.54, 1.807) is 23.1 Å². The number of carbonyl (C=O) groups excluding carboxylic acids is 1. The molecular weight excluding hydrogens is 326 g/mol. The van der Waals surface area contributed by atoms with Crippen LogP contribution in [-0.2, 0) is 11.3 Å². The Hall–Kier alpha value is -3.23. The molecule has 1 unspecified atom stereocenters. The summed E-state index contributed by atoms with van der Waals surface area (Å²) in [6, 6.07) is 6.41. The maximum absolute atomic E-state index is 12.4. The van der Waals surface area contributed by atoms with Gasteiger partial charge in [-0.3, -0.25) is 9.59 Å². The van der Waals surface area contributed by atoms with Gasteiger partial charge in [0.25, 0.3) is 11.4 Å². The molecule has 1 fully saturated rings. The van der Waals surface area contributed by atoms with Crippen LogP contribution in [0.2, 0.25) is 0 Å². The highest BCUT2D eigenvalue weighted by Crippen LogP contribution is 2.27. The van der Waals surface area contributed by atoms with Crippen LogP contribution >= 0.6 is 0 Å². The summed E-state index contributed by atoms with van der Waals surface area (Å²) in [6.45, 7) is 0.990. The zero-order valence-corrected chi connectivity index (χ0v) is 13.2. The molecule has 0 saturated carbocycles. The second kappa shape index (κ2) is 6.34. The number of hydrogen-bond donors (Lipinski definition) is 0. The second-order valence-corrected chi connectivity index (χ2v) is 5.78. The summed E-state index contributed by atoms with van der Waals surface area (Å²) in [6.07, 6.45) is 3.76. The van der Waals surface area contributed by atoms with Gasteiger partial charge >= 0.3 is 0 Å². The summed E-state index contributed by atoms with van der Waals surface area (Å²) >= 11 is 0. The minimum absolute atomic E-state index is 0.00290. The van der Waals surface area contributed by atoms with E-state index >= 15 is 0 Å². The third-order valence-electron chi connectivity index (χ3n) is 4.15. The van der Waals surface area contributed by atoms with Gasteiger partial charge in [0.05, 0.1) is 6.26 Å². The predicted molar refractivity (Wildman–Crippen MR) is 84.4 cm³/mol. The smallest absolute Gasteiger partial charge is 0.293 e. The summed E-state index contributed by atoms with van der Waals surface area (Å²) in [7, 11) is 0. The van der Waals surface area contributed by atoms with E-state index in [1.807, 2.05) is 0 Å². The molecule has 0 aromatic carbocycles. The molecule has 128 valence electrons. The monoisotopic (exact) mass is 341 g/mol. The van der Waals surface area contributed by atoms with Gasteiger partial charge in [0, 0.05) is 31.3 Å². The van der Waals surface area contributed by atoms with Gasteiger partial charge < -0.3 is 13.8 Å². The topological polar surface area (TPSA) is 107 Å². The first kappa shape index (κ1) is 15.3. The average molecular weight is 341 g/mol. The van der Waals surface area contributed by atoms with Crippen molar-refractivity contribution >= 4 is 5.91 Å². The standard InChI is InChI=1S/C16H15N5O4/c22-13-4-1-6-17-21(13)10-14(23)20-7-5-11(9-20)15-18-16(25-19-15)12-3-2-8-24-12/h1-4,6,8,11H,5,7,9-10H2. The third-order valence-corrected chi connectivity index (χ3v) is 4.15. The normalized spacial score (nSPS) is 17.1. The highest BCUT2D eigenvalue weighted by atomic mass is 16.5. The summed E-state index contributed by atoms with van der Waals surface area (Å²) in [5.41, 5.74) is -0.298. The predicted octanol–water partition coefficient (Wildman–Crippen LogP) is 0.902. The Morgan fingerprint density at radius 1 is 1.32 bits per heavy atom. The molecule has 0 N–H and O–H groups in total. The zero-order chi connectivity index (χ0) is 17.2. The Bertz CT molecular complexity index is 930. The minimum Gasteiger partial charge on any atom is -0.459 e. The van der Waals surface area contributed by atoms with Crippen LogP contribution in [0.15, 0.2) is 50.5 Å². The lowest BCUT2D eigenvalue weighted by atomic mass is 10.1. The summed E-state index contributed by atoms with van der Waals surface area (Å²) in [5.74, 6) is 1.23. The van der Waals surface area contributed by atoms with Crippen molar-refractivity contribution in [2.75, 3.05) is 13.1 Å². The Labute approximate surface area is 141 Å². The Morgan fingerprint density at radius 3 is 3.04 bits per heavy atom. The molecular formula is C16H15N5O4. The fraction of sp³-hybridized carbons (Fsp3) is 0.312. The number of amides is 1. The van der Waals surface area contributed by atoms with Crippen molar-refractivity contribution in [1.82, 2.24) is 24.8 Å². The number of nitrogens with zero attached hydrogens (tertiary/aromatic N) is 5. The molecule has 0 spiro atoms. The molecule has 3 aromatic rings. The van der Waals surface area contributed by atoms with Crippen LogP contribution in [0.5, 0.6) is 0 Å². The summed E-state index contributed by atoms with van der Waals surface area (Å²) in [5, 5.41) is 7.90. The van der Waals surface area contributed by atoms with E-state index in [9.17, 15) is 9.59 Å². The number of furan rings is 1. The first-order valence-corrected chi connectivity index (χ1v) is 7.88. The van der Waals surface area contributed by atoms with Crippen LogP contribution in [0, 0.1) is 0 Å². The molecule has 0 aliphatic carbocycles. The van der Waals surface area contributed by atoms with Gasteiger partial charge in [0.1, 0.15) is 6.54 Å². The maximum Gasteiger partial charge on any atom is 0.293 e. The number of carbonyl (C=O) groups is 1. The van der Waals surface area contributed by atoms with E-state index in [0.29, 0.717) is 30.6 Å². The van der Waals surface area contributed by atoms with Crippen molar-refractivity contribution in [1.29, 1.82) is 0 Å². The zero-order valence-electron chi connectivity index (χ0n) is 13.2. The van der Waals surface area contributed by atoms with Crippen molar-refractivity contribution in [2.24, 2.45) is 0 Å². The lowest BCUT2D eigenvalue weighted by Gasteiger charge is -2.15. The van der Waals surface area contributed by atoms with E-state index in [1.165, 1.54) is 18.5 Å². The van der Waals surface area contributed by atoms with Crippen molar-refractivity contribution in [3.8, 4) is 11.7 Å². The summed E-state index contributed by atoms with van der Waals surface area (Å²) in [4.78, 5) is 30.1. The minimum atomic E-state index is -0.298. The lowest BCUT2D eigenvalue weighted by molar-refractivity contribution is -0.131. The highest BCUT2D eigenvalue weighted by molar-refractivity contribution is 5.76. The average Bonchev–Trinajstić information content (AvgIpc) is 3.36. The number of hydrogen-bond acceptors (Lipinski definition) is 7. The molecule has 1 amide bonds. The first-order chi connectivity index (χ1) is 12.2. The van der Waals surface area contributed by atoms with Crippen LogP contribution in [0.3, 0.4) is 0 Å². The number of rotatable bonds is 4. The Balaban J connectivity index is 1.42. The van der Waals surface area contributed by atoms with E-state index in [2.05, 4.69) is 15.2 Å². The molecule has 9 heteroatoms. The van der Waals surface area contributed by atoms with Crippen LogP contribution in [0.25, 0.3) is 11.7 Å². The molecule has 3 aromatic heterocycles. The van der Waals surface area contributed by atoms with Crippen molar-refractivity contribution in [3.05, 3.63) is 52.9 Å². The van der Waals surface area contributed by atoms with Crippen LogP contribution in [0.1, 0.15) is 18.2 Å². The molecule has 25 heavy (non-hydrogen) atoms. The molecule has 9 nitrogen and oxygen atoms in total. The molecule has 0 bridgehead atoms. The molecule has 4 rings (SSSR count). The van der Waals surface area contributed by atoms with E-state index < -0.39 is 0 Å². The van der Waals surface area contributed by atoms with Crippen LogP contribution in [-0.4, -0.2) is 43.8 Å².